The lowest BCUT2D eigenvalue weighted by Crippen LogP contribution is -2.61. The third-order valence-electron chi connectivity index (χ3n) is 6.46. The van der Waals surface area contributed by atoms with Crippen molar-refractivity contribution >= 4 is 5.91 Å². The molecule has 1 amide bonds. The number of nitrogens with zero attached hydrogens (tertiary/aromatic N) is 1. The molecule has 1 aliphatic heterocycles. The molecule has 0 aromatic rings. The summed E-state index contributed by atoms with van der Waals surface area (Å²) in [6.45, 7) is 8.81. The van der Waals surface area contributed by atoms with Gasteiger partial charge in [-0.1, -0.05) is 57.8 Å². The van der Waals surface area contributed by atoms with E-state index in [1.54, 1.807) is 6.20 Å². The van der Waals surface area contributed by atoms with Gasteiger partial charge in [-0.05, 0) is 53.4 Å². The summed E-state index contributed by atoms with van der Waals surface area (Å²) in [6, 6.07) is 2.54. The monoisotopic (exact) mass is 416 g/mol. The van der Waals surface area contributed by atoms with Crippen molar-refractivity contribution in [3.8, 4) is 6.07 Å². The molecule has 2 fully saturated rings. The van der Waals surface area contributed by atoms with E-state index in [9.17, 15) is 10.1 Å². The summed E-state index contributed by atoms with van der Waals surface area (Å²) in [7, 11) is 0. The van der Waals surface area contributed by atoms with Crippen LogP contribution in [0.15, 0.2) is 11.8 Å². The fraction of sp³-hybridized carbons (Fsp3) is 0.840. The summed E-state index contributed by atoms with van der Waals surface area (Å²) in [4.78, 5) is 12.8. The number of hydrogen-bond acceptors (Lipinski definition) is 4. The van der Waals surface area contributed by atoms with E-state index in [0.29, 0.717) is 0 Å². The third-order valence-corrected chi connectivity index (χ3v) is 6.46. The van der Waals surface area contributed by atoms with Crippen LogP contribution in [0.2, 0.25) is 0 Å². The lowest BCUT2D eigenvalue weighted by molar-refractivity contribution is -0.117. The predicted octanol–water partition coefficient (Wildman–Crippen LogP) is 5.08. The van der Waals surface area contributed by atoms with Gasteiger partial charge in [0.15, 0.2) is 0 Å². The van der Waals surface area contributed by atoms with Gasteiger partial charge in [0.25, 0.3) is 5.91 Å². The van der Waals surface area contributed by atoms with Crippen molar-refractivity contribution in [3.63, 3.8) is 0 Å². The Bertz CT molecular complexity index is 589. The van der Waals surface area contributed by atoms with E-state index in [1.165, 1.54) is 44.9 Å². The second kappa shape index (κ2) is 11.7. The SMILES string of the molecule is CC1(C)CC(N/C=C(/C#N)C(=O)NC2CCCCCCCCCCC2)CC(C)(C)N1. The highest BCUT2D eigenvalue weighted by Gasteiger charge is 2.37. The van der Waals surface area contributed by atoms with Gasteiger partial charge in [-0.15, -0.1) is 0 Å². The number of hydrogen-bond donors (Lipinski definition) is 3. The maximum Gasteiger partial charge on any atom is 0.263 e. The molecule has 2 rings (SSSR count). The standard InChI is InChI=1S/C25H44N4O/c1-24(2)16-22(17-25(3,4)29-24)27-19-20(18-26)23(30)28-21-14-12-10-8-6-5-7-9-11-13-15-21/h19,21-22,27,29H,5-17H2,1-4H3,(H,28,30)/b20-19-. The van der Waals surface area contributed by atoms with Crippen LogP contribution in [0.3, 0.4) is 0 Å². The molecule has 1 heterocycles. The highest BCUT2D eigenvalue weighted by atomic mass is 16.1. The van der Waals surface area contributed by atoms with Crippen molar-refractivity contribution in [1.82, 2.24) is 16.0 Å². The van der Waals surface area contributed by atoms with E-state index in [4.69, 9.17) is 0 Å². The quantitative estimate of drug-likeness (QED) is 0.441. The predicted molar refractivity (Wildman–Crippen MR) is 124 cm³/mol. The van der Waals surface area contributed by atoms with Crippen LogP contribution in [0.25, 0.3) is 0 Å². The third kappa shape index (κ3) is 9.08. The molecule has 0 aromatic carbocycles. The first-order valence-electron chi connectivity index (χ1n) is 12.2. The summed E-state index contributed by atoms with van der Waals surface area (Å²) in [6.07, 6.45) is 17.1. The number of nitrogens with one attached hydrogen (secondary N) is 3. The Hall–Kier alpha value is -1.54. The number of nitriles is 1. The molecular weight excluding hydrogens is 372 g/mol. The number of amides is 1. The maximum absolute atomic E-state index is 12.8. The average Bonchev–Trinajstić information content (AvgIpc) is 2.62. The summed E-state index contributed by atoms with van der Waals surface area (Å²) in [5.41, 5.74) is 0.238. The molecule has 5 nitrogen and oxygen atoms in total. The smallest absolute Gasteiger partial charge is 0.263 e. The maximum atomic E-state index is 12.8. The molecule has 0 radical (unpaired) electrons. The van der Waals surface area contributed by atoms with Crippen LogP contribution in [-0.4, -0.2) is 29.1 Å². The summed E-state index contributed by atoms with van der Waals surface area (Å²) >= 11 is 0. The molecule has 0 bridgehead atoms. The van der Waals surface area contributed by atoms with Crippen LogP contribution >= 0.6 is 0 Å². The Morgan fingerprint density at radius 1 is 0.867 bits per heavy atom. The molecule has 30 heavy (non-hydrogen) atoms. The minimum Gasteiger partial charge on any atom is -0.387 e. The topological polar surface area (TPSA) is 77.0 Å². The first kappa shape index (κ1) is 24.7. The normalized spacial score (nSPS) is 24.7. The van der Waals surface area contributed by atoms with E-state index in [-0.39, 0.29) is 34.6 Å². The minimum absolute atomic E-state index is 0.0238. The van der Waals surface area contributed by atoms with E-state index >= 15 is 0 Å². The van der Waals surface area contributed by atoms with Gasteiger partial charge in [0.05, 0.1) is 0 Å². The number of rotatable bonds is 4. The first-order valence-corrected chi connectivity index (χ1v) is 12.2. The molecule has 0 aromatic heterocycles. The fourth-order valence-corrected chi connectivity index (χ4v) is 5.36. The second-order valence-corrected chi connectivity index (χ2v) is 10.8. The van der Waals surface area contributed by atoms with Crippen molar-refractivity contribution < 1.29 is 4.79 Å². The first-order chi connectivity index (χ1) is 14.2. The van der Waals surface area contributed by atoms with Crippen LogP contribution in [0.4, 0.5) is 0 Å². The molecule has 2 aliphatic rings. The van der Waals surface area contributed by atoms with E-state index in [0.717, 1.165) is 38.5 Å². The summed E-state index contributed by atoms with van der Waals surface area (Å²) < 4.78 is 0. The Morgan fingerprint density at radius 3 is 1.80 bits per heavy atom. The second-order valence-electron chi connectivity index (χ2n) is 10.8. The summed E-state index contributed by atoms with van der Waals surface area (Å²) in [5.74, 6) is -0.227. The van der Waals surface area contributed by atoms with Gasteiger partial charge in [-0.25, -0.2) is 0 Å². The molecule has 1 aliphatic carbocycles. The molecule has 0 atom stereocenters. The molecule has 170 valence electrons. The van der Waals surface area contributed by atoms with Crippen molar-refractivity contribution in [2.45, 2.75) is 134 Å². The Labute approximate surface area is 184 Å². The van der Waals surface area contributed by atoms with Crippen LogP contribution in [0.1, 0.15) is 111 Å². The van der Waals surface area contributed by atoms with E-state index in [1.807, 2.05) is 0 Å². The number of piperidine rings is 1. The van der Waals surface area contributed by atoms with Crippen molar-refractivity contribution in [2.75, 3.05) is 0 Å². The molecule has 1 saturated carbocycles. The van der Waals surface area contributed by atoms with Crippen LogP contribution in [0.5, 0.6) is 0 Å². The highest BCUT2D eigenvalue weighted by molar-refractivity contribution is 5.97. The van der Waals surface area contributed by atoms with Gasteiger partial charge in [0.1, 0.15) is 11.6 Å². The largest absolute Gasteiger partial charge is 0.387 e. The van der Waals surface area contributed by atoms with Crippen LogP contribution < -0.4 is 16.0 Å². The van der Waals surface area contributed by atoms with Crippen molar-refractivity contribution in [3.05, 3.63) is 11.8 Å². The van der Waals surface area contributed by atoms with Gasteiger partial charge in [0, 0.05) is 29.4 Å². The van der Waals surface area contributed by atoms with Gasteiger partial charge >= 0.3 is 0 Å². The van der Waals surface area contributed by atoms with Gasteiger partial charge in [-0.3, -0.25) is 4.79 Å². The Morgan fingerprint density at radius 2 is 1.33 bits per heavy atom. The fourth-order valence-electron chi connectivity index (χ4n) is 5.36. The van der Waals surface area contributed by atoms with Gasteiger partial charge in [-0.2, -0.15) is 5.26 Å². The van der Waals surface area contributed by atoms with Crippen molar-refractivity contribution in [1.29, 1.82) is 5.26 Å². The molecule has 5 heteroatoms. The Balaban J connectivity index is 1.92. The highest BCUT2D eigenvalue weighted by Crippen LogP contribution is 2.28. The number of carbonyl (C=O) groups excluding carboxylic acids is 1. The average molecular weight is 417 g/mol. The summed E-state index contributed by atoms with van der Waals surface area (Å²) in [5, 5.41) is 19.8. The molecular formula is C25H44N4O. The molecule has 1 saturated heterocycles. The lowest BCUT2D eigenvalue weighted by Gasteiger charge is -2.46. The Kier molecular flexibility index (Phi) is 9.68. The van der Waals surface area contributed by atoms with E-state index in [2.05, 4.69) is 49.7 Å². The van der Waals surface area contributed by atoms with Crippen molar-refractivity contribution in [2.24, 2.45) is 0 Å². The van der Waals surface area contributed by atoms with Crippen LogP contribution in [-0.2, 0) is 4.79 Å². The molecule has 3 N–H and O–H groups in total. The van der Waals surface area contributed by atoms with Gasteiger partial charge in [0.2, 0.25) is 0 Å². The molecule has 0 spiro atoms. The van der Waals surface area contributed by atoms with Crippen LogP contribution in [0, 0.1) is 11.3 Å². The van der Waals surface area contributed by atoms with Gasteiger partial charge < -0.3 is 16.0 Å². The molecule has 0 unspecified atom stereocenters. The zero-order chi connectivity index (χ0) is 22.0. The minimum atomic E-state index is -0.227. The zero-order valence-corrected chi connectivity index (χ0v) is 19.8. The lowest BCUT2D eigenvalue weighted by atomic mass is 9.79. The number of carbonyl (C=O) groups is 1. The van der Waals surface area contributed by atoms with E-state index < -0.39 is 0 Å². The zero-order valence-electron chi connectivity index (χ0n) is 19.8.